The highest BCUT2D eigenvalue weighted by Crippen LogP contribution is 2.25. The van der Waals surface area contributed by atoms with Crippen LogP contribution in [-0.4, -0.2) is 5.78 Å². The number of rotatable bonds is 4. The molecule has 0 aliphatic carbocycles. The Morgan fingerprint density at radius 2 is 1.82 bits per heavy atom. The molecule has 0 aromatic carbocycles. The summed E-state index contributed by atoms with van der Waals surface area (Å²) in [7, 11) is 0. The summed E-state index contributed by atoms with van der Waals surface area (Å²) < 4.78 is 5.65. The topological polar surface area (TPSA) is 56.2 Å². The number of carbonyl (C=O) groups excluding carboxylic acids is 1. The van der Waals surface area contributed by atoms with Crippen LogP contribution in [0.3, 0.4) is 0 Å². The molecule has 0 aliphatic rings. The van der Waals surface area contributed by atoms with Crippen LogP contribution >= 0.6 is 0 Å². The van der Waals surface area contributed by atoms with Crippen molar-refractivity contribution >= 4 is 11.5 Å². The summed E-state index contributed by atoms with van der Waals surface area (Å²) in [4.78, 5) is 11.6. The molecular weight excluding hydrogens is 214 g/mol. The number of ketones is 1. The third-order valence-electron chi connectivity index (χ3n) is 2.71. The monoisotopic (exact) mass is 235 g/mol. The second kappa shape index (κ2) is 5.21. The Morgan fingerprint density at radius 3 is 2.18 bits per heavy atom. The van der Waals surface area contributed by atoms with Crippen molar-refractivity contribution in [3.63, 3.8) is 0 Å². The molecule has 1 aromatic rings. The molecule has 0 fully saturated rings. The predicted octanol–water partition coefficient (Wildman–Crippen LogP) is 3.32. The van der Waals surface area contributed by atoms with Gasteiger partial charge in [0.1, 0.15) is 11.5 Å². The summed E-state index contributed by atoms with van der Waals surface area (Å²) in [6.07, 6.45) is 0. The quantitative estimate of drug-likeness (QED) is 0.814. The summed E-state index contributed by atoms with van der Waals surface area (Å²) in [6.45, 7) is 9.55. The zero-order chi connectivity index (χ0) is 13.2. The highest BCUT2D eigenvalue weighted by Gasteiger charge is 2.17. The molecule has 94 valence electrons. The van der Waals surface area contributed by atoms with Crippen LogP contribution in [0.2, 0.25) is 0 Å². The molecular formula is C14H21NO2. The number of Topliss-reactive ketones (excluding diaryl/α,β-unsaturated/α-hetero) is 1. The molecule has 0 saturated carbocycles. The van der Waals surface area contributed by atoms with Gasteiger partial charge in [-0.2, -0.15) is 0 Å². The zero-order valence-corrected chi connectivity index (χ0v) is 11.2. The van der Waals surface area contributed by atoms with Crippen molar-refractivity contribution in [3.05, 3.63) is 29.2 Å². The first-order chi connectivity index (χ1) is 7.84. The SMILES string of the molecule is CC(=O)/C(=C(\N)c1ccc(C(C)C)o1)C(C)C. The van der Waals surface area contributed by atoms with Crippen LogP contribution in [0.4, 0.5) is 0 Å². The van der Waals surface area contributed by atoms with Gasteiger partial charge in [-0.05, 0) is 25.0 Å². The van der Waals surface area contributed by atoms with Crippen molar-refractivity contribution in [1.29, 1.82) is 0 Å². The van der Waals surface area contributed by atoms with Gasteiger partial charge in [-0.3, -0.25) is 4.79 Å². The number of allylic oxidation sites excluding steroid dienone is 1. The van der Waals surface area contributed by atoms with Crippen LogP contribution < -0.4 is 5.73 Å². The van der Waals surface area contributed by atoms with Gasteiger partial charge in [0, 0.05) is 11.5 Å². The minimum absolute atomic E-state index is 0.00000283. The molecule has 0 bridgehead atoms. The Bertz CT molecular complexity index is 439. The van der Waals surface area contributed by atoms with Crippen LogP contribution in [0, 0.1) is 5.92 Å². The van der Waals surface area contributed by atoms with E-state index in [-0.39, 0.29) is 11.7 Å². The van der Waals surface area contributed by atoms with E-state index in [1.165, 1.54) is 6.92 Å². The zero-order valence-electron chi connectivity index (χ0n) is 11.2. The van der Waals surface area contributed by atoms with Gasteiger partial charge in [-0.15, -0.1) is 0 Å². The van der Waals surface area contributed by atoms with Crippen molar-refractivity contribution in [2.75, 3.05) is 0 Å². The van der Waals surface area contributed by atoms with E-state index >= 15 is 0 Å². The Labute approximate surface area is 103 Å². The number of nitrogens with two attached hydrogens (primary N) is 1. The summed E-state index contributed by atoms with van der Waals surface area (Å²) >= 11 is 0. The van der Waals surface area contributed by atoms with Crippen molar-refractivity contribution in [1.82, 2.24) is 0 Å². The number of hydrogen-bond donors (Lipinski definition) is 1. The van der Waals surface area contributed by atoms with Crippen LogP contribution in [0.25, 0.3) is 5.70 Å². The summed E-state index contributed by atoms with van der Waals surface area (Å²) in [5.74, 6) is 1.89. The molecule has 0 amide bonds. The molecule has 3 heteroatoms. The maximum atomic E-state index is 11.6. The molecule has 0 aliphatic heterocycles. The average Bonchev–Trinajstić information content (AvgIpc) is 2.64. The number of furan rings is 1. The summed E-state index contributed by atoms with van der Waals surface area (Å²) in [5.41, 5.74) is 7.11. The van der Waals surface area contributed by atoms with Crippen molar-refractivity contribution < 1.29 is 9.21 Å². The second-order valence-corrected chi connectivity index (χ2v) is 4.89. The Hall–Kier alpha value is -1.51. The average molecular weight is 235 g/mol. The van der Waals surface area contributed by atoms with Gasteiger partial charge < -0.3 is 10.2 Å². The van der Waals surface area contributed by atoms with E-state index in [9.17, 15) is 4.79 Å². The van der Waals surface area contributed by atoms with E-state index in [0.717, 1.165) is 5.76 Å². The van der Waals surface area contributed by atoms with Gasteiger partial charge in [0.05, 0.1) is 5.70 Å². The molecule has 1 heterocycles. The van der Waals surface area contributed by atoms with Crippen LogP contribution in [-0.2, 0) is 4.79 Å². The molecule has 0 atom stereocenters. The van der Waals surface area contributed by atoms with Gasteiger partial charge in [0.25, 0.3) is 0 Å². The molecule has 2 N–H and O–H groups in total. The minimum atomic E-state index is -0.00000283. The van der Waals surface area contributed by atoms with Gasteiger partial charge in [0.2, 0.25) is 0 Å². The van der Waals surface area contributed by atoms with Gasteiger partial charge in [0.15, 0.2) is 5.78 Å². The van der Waals surface area contributed by atoms with Crippen molar-refractivity contribution in [2.45, 2.75) is 40.5 Å². The van der Waals surface area contributed by atoms with Crippen molar-refractivity contribution in [2.24, 2.45) is 11.7 Å². The highest BCUT2D eigenvalue weighted by atomic mass is 16.3. The molecule has 0 radical (unpaired) electrons. The fourth-order valence-corrected chi connectivity index (χ4v) is 1.85. The lowest BCUT2D eigenvalue weighted by Gasteiger charge is -2.11. The fourth-order valence-electron chi connectivity index (χ4n) is 1.85. The lowest BCUT2D eigenvalue weighted by molar-refractivity contribution is -0.114. The third-order valence-corrected chi connectivity index (χ3v) is 2.71. The van der Waals surface area contributed by atoms with E-state index in [1.807, 2.05) is 26.0 Å². The minimum Gasteiger partial charge on any atom is -0.459 e. The fraction of sp³-hybridized carbons (Fsp3) is 0.500. The number of hydrogen-bond acceptors (Lipinski definition) is 3. The summed E-state index contributed by atoms with van der Waals surface area (Å²) in [5, 5.41) is 0. The third kappa shape index (κ3) is 2.99. The molecule has 3 nitrogen and oxygen atoms in total. The Balaban J connectivity index is 3.20. The van der Waals surface area contributed by atoms with E-state index in [1.54, 1.807) is 0 Å². The highest BCUT2D eigenvalue weighted by molar-refractivity contribution is 6.00. The largest absolute Gasteiger partial charge is 0.459 e. The van der Waals surface area contributed by atoms with Gasteiger partial charge >= 0.3 is 0 Å². The molecule has 0 unspecified atom stereocenters. The van der Waals surface area contributed by atoms with Gasteiger partial charge in [-0.1, -0.05) is 27.7 Å². The maximum absolute atomic E-state index is 11.6. The maximum Gasteiger partial charge on any atom is 0.158 e. The smallest absolute Gasteiger partial charge is 0.158 e. The molecule has 1 rings (SSSR count). The lowest BCUT2D eigenvalue weighted by atomic mass is 9.97. The first-order valence-electron chi connectivity index (χ1n) is 5.95. The lowest BCUT2D eigenvalue weighted by Crippen LogP contribution is -2.12. The van der Waals surface area contributed by atoms with E-state index in [4.69, 9.17) is 10.2 Å². The molecule has 0 saturated heterocycles. The number of carbonyl (C=O) groups is 1. The first kappa shape index (κ1) is 13.6. The van der Waals surface area contributed by atoms with E-state index in [2.05, 4.69) is 13.8 Å². The van der Waals surface area contributed by atoms with E-state index in [0.29, 0.717) is 22.9 Å². The molecule has 17 heavy (non-hydrogen) atoms. The predicted molar refractivity (Wildman–Crippen MR) is 69.4 cm³/mol. The molecule has 1 aromatic heterocycles. The van der Waals surface area contributed by atoms with Crippen LogP contribution in [0.15, 0.2) is 22.1 Å². The Morgan fingerprint density at radius 1 is 1.24 bits per heavy atom. The summed E-state index contributed by atoms with van der Waals surface area (Å²) in [6, 6.07) is 3.74. The van der Waals surface area contributed by atoms with Crippen LogP contribution in [0.5, 0.6) is 0 Å². The van der Waals surface area contributed by atoms with E-state index < -0.39 is 0 Å². The normalized spacial score (nSPS) is 13.1. The Kier molecular flexibility index (Phi) is 4.16. The second-order valence-electron chi connectivity index (χ2n) is 4.89. The molecule has 0 spiro atoms. The van der Waals surface area contributed by atoms with Gasteiger partial charge in [-0.25, -0.2) is 0 Å². The first-order valence-corrected chi connectivity index (χ1v) is 5.95. The van der Waals surface area contributed by atoms with Crippen LogP contribution in [0.1, 0.15) is 52.1 Å². The van der Waals surface area contributed by atoms with Crippen molar-refractivity contribution in [3.8, 4) is 0 Å². The standard InChI is InChI=1S/C14H21NO2/c1-8(2)11-6-7-12(17-11)14(15)13(9(3)4)10(5)16/h6-9H,15H2,1-5H3/b14-13-.